The molecule has 0 saturated carbocycles. The average Bonchev–Trinajstić information content (AvgIpc) is 2.06. The van der Waals surface area contributed by atoms with Gasteiger partial charge in [0.2, 0.25) is 0 Å². The SMILES string of the molecule is Cc1ccc(OS(=O)(=O)C(F)(F)F)cc1.S. The molecule has 0 spiro atoms. The van der Waals surface area contributed by atoms with Crippen LogP contribution in [0, 0.1) is 6.92 Å². The molecule has 3 nitrogen and oxygen atoms in total. The lowest BCUT2D eigenvalue weighted by Crippen LogP contribution is -2.28. The summed E-state index contributed by atoms with van der Waals surface area (Å²) in [5.74, 6) is -0.363. The number of hydrogen-bond donors (Lipinski definition) is 0. The standard InChI is InChI=1S/C8H7F3O3S.H2S/c1-6-2-4-7(5-3-6)14-15(12,13)8(9,10)11;/h2-5H,1H3;1H2. The van der Waals surface area contributed by atoms with Gasteiger partial charge >= 0.3 is 15.6 Å². The number of alkyl halides is 3. The Morgan fingerprint density at radius 1 is 1.12 bits per heavy atom. The Morgan fingerprint density at radius 2 is 1.56 bits per heavy atom. The molecule has 0 aliphatic heterocycles. The van der Waals surface area contributed by atoms with E-state index >= 15 is 0 Å². The number of hydrogen-bond acceptors (Lipinski definition) is 3. The van der Waals surface area contributed by atoms with Gasteiger partial charge in [-0.05, 0) is 19.1 Å². The van der Waals surface area contributed by atoms with E-state index in [1.165, 1.54) is 12.1 Å². The van der Waals surface area contributed by atoms with Gasteiger partial charge in [0, 0.05) is 0 Å². The molecule has 92 valence electrons. The van der Waals surface area contributed by atoms with Gasteiger partial charge in [0.1, 0.15) is 5.75 Å². The van der Waals surface area contributed by atoms with Gasteiger partial charge in [-0.25, -0.2) is 0 Å². The van der Waals surface area contributed by atoms with Crippen LogP contribution in [0.3, 0.4) is 0 Å². The van der Waals surface area contributed by atoms with Crippen molar-refractivity contribution in [3.05, 3.63) is 29.8 Å². The maximum Gasteiger partial charge on any atom is 0.534 e. The van der Waals surface area contributed by atoms with Gasteiger partial charge in [-0.2, -0.15) is 35.1 Å². The first-order valence-electron chi connectivity index (χ1n) is 3.80. The summed E-state index contributed by atoms with van der Waals surface area (Å²) in [5.41, 5.74) is -4.62. The molecule has 1 aromatic rings. The molecule has 16 heavy (non-hydrogen) atoms. The third kappa shape index (κ3) is 3.60. The maximum atomic E-state index is 11.9. The Balaban J connectivity index is 0.00000225. The van der Waals surface area contributed by atoms with E-state index in [1.54, 1.807) is 6.92 Å². The number of aryl methyl sites for hydroxylation is 1. The van der Waals surface area contributed by atoms with E-state index in [0.717, 1.165) is 17.7 Å². The van der Waals surface area contributed by atoms with Gasteiger partial charge in [-0.1, -0.05) is 17.7 Å². The third-order valence-corrected chi connectivity index (χ3v) is 2.49. The van der Waals surface area contributed by atoms with E-state index < -0.39 is 15.6 Å². The number of benzene rings is 1. The van der Waals surface area contributed by atoms with Gasteiger partial charge < -0.3 is 4.18 Å². The zero-order valence-corrected chi connectivity index (χ0v) is 9.89. The molecule has 0 unspecified atom stereocenters. The minimum Gasteiger partial charge on any atom is -0.376 e. The van der Waals surface area contributed by atoms with Crippen LogP contribution in [0.25, 0.3) is 0 Å². The Kier molecular flexibility index (Phi) is 4.68. The van der Waals surface area contributed by atoms with Gasteiger partial charge in [-0.15, -0.1) is 0 Å². The van der Waals surface area contributed by atoms with E-state index in [4.69, 9.17) is 0 Å². The minimum absolute atomic E-state index is 0. The molecule has 0 bridgehead atoms. The van der Waals surface area contributed by atoms with E-state index in [-0.39, 0.29) is 19.2 Å². The Hall–Kier alpha value is -0.890. The van der Waals surface area contributed by atoms with Crippen molar-refractivity contribution < 1.29 is 25.8 Å². The normalized spacial score (nSPS) is 11.8. The van der Waals surface area contributed by atoms with Crippen molar-refractivity contribution in [2.45, 2.75) is 12.4 Å². The second kappa shape index (κ2) is 4.96. The fourth-order valence-corrected chi connectivity index (χ4v) is 1.23. The summed E-state index contributed by atoms with van der Waals surface area (Å²) in [5, 5.41) is 0. The Bertz CT molecular complexity index is 437. The van der Waals surface area contributed by atoms with Crippen LogP contribution in [-0.2, 0) is 10.1 Å². The van der Waals surface area contributed by atoms with Crippen molar-refractivity contribution in [3.8, 4) is 5.75 Å². The Labute approximate surface area is 97.8 Å². The predicted molar refractivity (Wildman–Crippen MR) is 57.2 cm³/mol. The quantitative estimate of drug-likeness (QED) is 0.614. The fourth-order valence-electron chi connectivity index (χ4n) is 0.768. The van der Waals surface area contributed by atoms with Crippen molar-refractivity contribution in [3.63, 3.8) is 0 Å². The van der Waals surface area contributed by atoms with Gasteiger partial charge in [0.15, 0.2) is 0 Å². The number of halogens is 3. The highest BCUT2D eigenvalue weighted by Crippen LogP contribution is 2.26. The molecule has 1 rings (SSSR count). The van der Waals surface area contributed by atoms with Crippen LogP contribution in [0.5, 0.6) is 5.75 Å². The lowest BCUT2D eigenvalue weighted by Gasteiger charge is -2.09. The molecule has 1 aromatic carbocycles. The van der Waals surface area contributed by atoms with Crippen molar-refractivity contribution in [1.82, 2.24) is 0 Å². The topological polar surface area (TPSA) is 43.4 Å². The smallest absolute Gasteiger partial charge is 0.376 e. The highest BCUT2D eigenvalue weighted by molar-refractivity contribution is 7.88. The van der Waals surface area contributed by atoms with Gasteiger partial charge in [0.05, 0.1) is 0 Å². The molecule has 0 heterocycles. The van der Waals surface area contributed by atoms with E-state index in [0.29, 0.717) is 0 Å². The first-order chi connectivity index (χ1) is 6.72. The molecule has 0 radical (unpaired) electrons. The van der Waals surface area contributed by atoms with Crippen molar-refractivity contribution >= 4 is 23.6 Å². The summed E-state index contributed by atoms with van der Waals surface area (Å²) < 4.78 is 60.6. The molecule has 0 aromatic heterocycles. The molecule has 0 amide bonds. The predicted octanol–water partition coefficient (Wildman–Crippen LogP) is 2.34. The summed E-state index contributed by atoms with van der Waals surface area (Å²) in [6.45, 7) is 1.71. The summed E-state index contributed by atoms with van der Waals surface area (Å²) in [6, 6.07) is 5.19. The van der Waals surface area contributed by atoms with E-state index in [9.17, 15) is 21.6 Å². The molecule has 0 fully saturated rings. The summed E-state index contributed by atoms with van der Waals surface area (Å²) in [6.07, 6.45) is 0. The second-order valence-electron chi connectivity index (χ2n) is 2.80. The highest BCUT2D eigenvalue weighted by Gasteiger charge is 2.48. The van der Waals surface area contributed by atoms with Crippen LogP contribution in [0.2, 0.25) is 0 Å². The second-order valence-corrected chi connectivity index (χ2v) is 4.33. The molecule has 0 atom stereocenters. The largest absolute Gasteiger partial charge is 0.534 e. The maximum absolute atomic E-state index is 11.9. The van der Waals surface area contributed by atoms with Crippen molar-refractivity contribution in [1.29, 1.82) is 0 Å². The molecule has 0 aliphatic rings. The average molecular weight is 274 g/mol. The molecule has 8 heteroatoms. The van der Waals surface area contributed by atoms with Gasteiger partial charge in [-0.3, -0.25) is 0 Å². The van der Waals surface area contributed by atoms with Crippen molar-refractivity contribution in [2.24, 2.45) is 0 Å². The monoisotopic (exact) mass is 274 g/mol. The third-order valence-electron chi connectivity index (χ3n) is 1.51. The van der Waals surface area contributed by atoms with E-state index in [2.05, 4.69) is 4.18 Å². The molecule has 0 N–H and O–H groups in total. The van der Waals surface area contributed by atoms with Crippen LogP contribution in [-0.4, -0.2) is 13.9 Å². The minimum atomic E-state index is -5.56. The molecule has 0 aliphatic carbocycles. The van der Waals surface area contributed by atoms with Crippen LogP contribution >= 0.6 is 13.5 Å². The summed E-state index contributed by atoms with van der Waals surface area (Å²) in [7, 11) is -5.56. The van der Waals surface area contributed by atoms with Crippen LogP contribution < -0.4 is 4.18 Å². The molecular weight excluding hydrogens is 265 g/mol. The van der Waals surface area contributed by atoms with E-state index in [1.807, 2.05) is 0 Å². The van der Waals surface area contributed by atoms with Gasteiger partial charge in [0.25, 0.3) is 0 Å². The first kappa shape index (κ1) is 15.1. The highest BCUT2D eigenvalue weighted by atomic mass is 32.2. The Morgan fingerprint density at radius 3 is 1.94 bits per heavy atom. The lowest BCUT2D eigenvalue weighted by atomic mass is 10.2. The zero-order chi connectivity index (χ0) is 11.7. The molecule has 0 saturated heterocycles. The van der Waals surface area contributed by atoms with Crippen LogP contribution in [0.15, 0.2) is 24.3 Å². The summed E-state index contributed by atoms with van der Waals surface area (Å²) >= 11 is 0. The fraction of sp³-hybridized carbons (Fsp3) is 0.250. The molecular formula is C8H9F3O3S2. The van der Waals surface area contributed by atoms with Crippen molar-refractivity contribution in [2.75, 3.05) is 0 Å². The first-order valence-corrected chi connectivity index (χ1v) is 5.20. The number of rotatable bonds is 2. The van der Waals surface area contributed by atoms with Crippen LogP contribution in [0.4, 0.5) is 13.2 Å². The summed E-state index contributed by atoms with van der Waals surface area (Å²) in [4.78, 5) is 0. The van der Waals surface area contributed by atoms with Crippen LogP contribution in [0.1, 0.15) is 5.56 Å². The lowest BCUT2D eigenvalue weighted by molar-refractivity contribution is -0.0500. The zero-order valence-electron chi connectivity index (χ0n) is 8.08.